The summed E-state index contributed by atoms with van der Waals surface area (Å²) in [7, 11) is 0. The van der Waals surface area contributed by atoms with E-state index in [9.17, 15) is 0 Å². The van der Waals surface area contributed by atoms with E-state index in [1.54, 1.807) is 11.3 Å². The van der Waals surface area contributed by atoms with Crippen molar-refractivity contribution in [2.24, 2.45) is 5.84 Å². The fraction of sp³-hybridized carbons (Fsp3) is 0.167. The van der Waals surface area contributed by atoms with Crippen molar-refractivity contribution in [2.45, 2.75) is 12.5 Å². The van der Waals surface area contributed by atoms with Crippen molar-refractivity contribution in [3.8, 4) is 0 Å². The zero-order valence-electron chi connectivity index (χ0n) is 8.99. The number of halogens is 2. The van der Waals surface area contributed by atoms with Crippen molar-refractivity contribution < 1.29 is 0 Å². The molecule has 5 heteroatoms. The number of nitrogens with two attached hydrogens (primary N) is 1. The maximum atomic E-state index is 5.98. The van der Waals surface area contributed by atoms with Gasteiger partial charge in [-0.3, -0.25) is 11.3 Å². The Kier molecular flexibility index (Phi) is 4.59. The molecule has 1 heterocycles. The number of hydrogen-bond donors (Lipinski definition) is 2. The molecule has 1 aromatic carbocycles. The Morgan fingerprint density at radius 1 is 1.41 bits per heavy atom. The number of rotatable bonds is 4. The fourth-order valence-corrected chi connectivity index (χ4v) is 3.41. The fourth-order valence-electron chi connectivity index (χ4n) is 1.65. The minimum atomic E-state index is 0.0728. The predicted octanol–water partition coefficient (Wildman–Crippen LogP) is 3.91. The molecule has 0 aliphatic rings. The highest BCUT2D eigenvalue weighted by molar-refractivity contribution is 9.10. The van der Waals surface area contributed by atoms with Crippen molar-refractivity contribution in [3.63, 3.8) is 0 Å². The van der Waals surface area contributed by atoms with Crippen molar-refractivity contribution in [3.05, 3.63) is 55.6 Å². The van der Waals surface area contributed by atoms with E-state index >= 15 is 0 Å². The van der Waals surface area contributed by atoms with Gasteiger partial charge in [0.25, 0.3) is 0 Å². The minimum absolute atomic E-state index is 0.0728. The van der Waals surface area contributed by atoms with Crippen molar-refractivity contribution in [2.75, 3.05) is 0 Å². The van der Waals surface area contributed by atoms with Gasteiger partial charge in [-0.05, 0) is 45.1 Å². The van der Waals surface area contributed by atoms with E-state index in [4.69, 9.17) is 17.4 Å². The van der Waals surface area contributed by atoms with Gasteiger partial charge in [-0.1, -0.05) is 23.7 Å². The minimum Gasteiger partial charge on any atom is -0.271 e. The lowest BCUT2D eigenvalue weighted by molar-refractivity contribution is 0.555. The Labute approximate surface area is 118 Å². The molecule has 3 N–H and O–H groups in total. The summed E-state index contributed by atoms with van der Waals surface area (Å²) < 4.78 is 1.13. The van der Waals surface area contributed by atoms with E-state index < -0.39 is 0 Å². The van der Waals surface area contributed by atoms with Crippen LogP contribution < -0.4 is 11.3 Å². The Hall–Kier alpha value is -0.390. The van der Waals surface area contributed by atoms with Crippen LogP contribution in [-0.2, 0) is 6.42 Å². The predicted molar refractivity (Wildman–Crippen MR) is 77.2 cm³/mol. The van der Waals surface area contributed by atoms with Crippen LogP contribution in [0.2, 0.25) is 5.02 Å². The van der Waals surface area contributed by atoms with Gasteiger partial charge in [0, 0.05) is 20.8 Å². The third kappa shape index (κ3) is 3.30. The molecule has 17 heavy (non-hydrogen) atoms. The SMILES string of the molecule is NNC(Cc1sccc1Br)c1cccc(Cl)c1. The molecule has 0 aliphatic heterocycles. The van der Waals surface area contributed by atoms with E-state index in [1.165, 1.54) is 4.88 Å². The van der Waals surface area contributed by atoms with Gasteiger partial charge in [-0.25, -0.2) is 0 Å². The quantitative estimate of drug-likeness (QED) is 0.658. The molecule has 0 radical (unpaired) electrons. The Morgan fingerprint density at radius 2 is 2.24 bits per heavy atom. The monoisotopic (exact) mass is 330 g/mol. The molecule has 90 valence electrons. The molecule has 0 aliphatic carbocycles. The zero-order chi connectivity index (χ0) is 12.3. The topological polar surface area (TPSA) is 38.0 Å². The smallest absolute Gasteiger partial charge is 0.0509 e. The van der Waals surface area contributed by atoms with Crippen LogP contribution >= 0.6 is 38.9 Å². The van der Waals surface area contributed by atoms with Crippen LogP contribution in [0.4, 0.5) is 0 Å². The molecule has 0 saturated carbocycles. The van der Waals surface area contributed by atoms with Gasteiger partial charge >= 0.3 is 0 Å². The molecule has 2 aromatic rings. The summed E-state index contributed by atoms with van der Waals surface area (Å²) in [6.07, 6.45) is 0.842. The van der Waals surface area contributed by atoms with Crippen molar-refractivity contribution in [1.82, 2.24) is 5.43 Å². The molecule has 0 amide bonds. The van der Waals surface area contributed by atoms with Gasteiger partial charge in [-0.2, -0.15) is 0 Å². The summed E-state index contributed by atoms with van der Waals surface area (Å²) in [5.41, 5.74) is 3.94. The number of hydrazine groups is 1. The van der Waals surface area contributed by atoms with Gasteiger partial charge in [0.1, 0.15) is 0 Å². The lowest BCUT2D eigenvalue weighted by atomic mass is 10.0. The van der Waals surface area contributed by atoms with E-state index in [2.05, 4.69) is 26.7 Å². The summed E-state index contributed by atoms with van der Waals surface area (Å²) in [6, 6.07) is 9.88. The molecule has 0 spiro atoms. The Bertz CT molecular complexity index is 501. The third-order valence-electron chi connectivity index (χ3n) is 2.53. The first-order valence-electron chi connectivity index (χ1n) is 5.14. The lowest BCUT2D eigenvalue weighted by Crippen LogP contribution is -2.29. The molecule has 1 unspecified atom stereocenters. The van der Waals surface area contributed by atoms with Crippen LogP contribution in [0.5, 0.6) is 0 Å². The van der Waals surface area contributed by atoms with Crippen molar-refractivity contribution >= 4 is 38.9 Å². The van der Waals surface area contributed by atoms with Crippen LogP contribution in [0.25, 0.3) is 0 Å². The average Bonchev–Trinajstić information content (AvgIpc) is 2.71. The average molecular weight is 332 g/mol. The third-order valence-corrected chi connectivity index (χ3v) is 4.72. The van der Waals surface area contributed by atoms with Crippen LogP contribution in [0.1, 0.15) is 16.5 Å². The Balaban J connectivity index is 2.20. The van der Waals surface area contributed by atoms with Crippen LogP contribution in [-0.4, -0.2) is 0 Å². The normalized spacial score (nSPS) is 12.6. The van der Waals surface area contributed by atoms with Crippen LogP contribution in [0.3, 0.4) is 0 Å². The van der Waals surface area contributed by atoms with E-state index in [0.29, 0.717) is 0 Å². The van der Waals surface area contributed by atoms with Gasteiger partial charge in [-0.15, -0.1) is 11.3 Å². The highest BCUT2D eigenvalue weighted by atomic mass is 79.9. The largest absolute Gasteiger partial charge is 0.271 e. The maximum absolute atomic E-state index is 5.98. The summed E-state index contributed by atoms with van der Waals surface area (Å²) in [4.78, 5) is 1.27. The van der Waals surface area contributed by atoms with E-state index in [-0.39, 0.29) is 6.04 Å². The summed E-state index contributed by atoms with van der Waals surface area (Å²) in [5.74, 6) is 5.62. The number of thiophene rings is 1. The van der Waals surface area contributed by atoms with Crippen molar-refractivity contribution in [1.29, 1.82) is 0 Å². The molecule has 0 bridgehead atoms. The number of nitrogens with one attached hydrogen (secondary N) is 1. The highest BCUT2D eigenvalue weighted by Gasteiger charge is 2.13. The molecular weight excluding hydrogens is 320 g/mol. The molecule has 0 fully saturated rings. The van der Waals surface area contributed by atoms with Crippen LogP contribution in [0, 0.1) is 0 Å². The molecule has 2 rings (SSSR count). The molecule has 0 saturated heterocycles. The van der Waals surface area contributed by atoms with E-state index in [1.807, 2.05) is 30.3 Å². The number of benzene rings is 1. The second-order valence-electron chi connectivity index (χ2n) is 3.67. The van der Waals surface area contributed by atoms with Gasteiger partial charge < -0.3 is 0 Å². The van der Waals surface area contributed by atoms with Gasteiger partial charge in [0.15, 0.2) is 0 Å². The summed E-state index contributed by atoms with van der Waals surface area (Å²) >= 11 is 11.2. The Morgan fingerprint density at radius 3 is 2.82 bits per heavy atom. The van der Waals surface area contributed by atoms with Gasteiger partial charge in [0.05, 0.1) is 6.04 Å². The maximum Gasteiger partial charge on any atom is 0.0509 e. The van der Waals surface area contributed by atoms with E-state index in [0.717, 1.165) is 21.5 Å². The molecule has 2 nitrogen and oxygen atoms in total. The summed E-state index contributed by atoms with van der Waals surface area (Å²) in [6.45, 7) is 0. The van der Waals surface area contributed by atoms with Gasteiger partial charge in [0.2, 0.25) is 0 Å². The molecular formula is C12H12BrClN2S. The second-order valence-corrected chi connectivity index (χ2v) is 5.96. The first-order valence-corrected chi connectivity index (χ1v) is 7.19. The number of hydrogen-bond acceptors (Lipinski definition) is 3. The zero-order valence-corrected chi connectivity index (χ0v) is 12.1. The second kappa shape index (κ2) is 5.98. The standard InChI is InChI=1S/C12H12BrClN2S/c13-10-4-5-17-12(10)7-11(16-15)8-2-1-3-9(14)6-8/h1-6,11,16H,7,15H2. The molecule has 1 atom stereocenters. The molecule has 1 aromatic heterocycles. The lowest BCUT2D eigenvalue weighted by Gasteiger charge is -2.16. The summed E-state index contributed by atoms with van der Waals surface area (Å²) in [5, 5.41) is 2.79. The van der Waals surface area contributed by atoms with Crippen LogP contribution in [0.15, 0.2) is 40.2 Å². The highest BCUT2D eigenvalue weighted by Crippen LogP contribution is 2.28. The first kappa shape index (κ1) is 13.1. The first-order chi connectivity index (χ1) is 8.20.